The molecule has 12 nitrogen and oxygen atoms in total. The number of unbranched alkanes of at least 4 members (excludes halogenated alkanes) is 2. The van der Waals surface area contributed by atoms with E-state index >= 15 is 4.79 Å². The van der Waals surface area contributed by atoms with Gasteiger partial charge in [-0.3, -0.25) is 9.59 Å². The normalized spacial score (nSPS) is 14.6. The van der Waals surface area contributed by atoms with Gasteiger partial charge in [-0.1, -0.05) is 108 Å². The van der Waals surface area contributed by atoms with E-state index in [9.17, 15) is 21.6 Å². The number of sulfonamides is 2. The summed E-state index contributed by atoms with van der Waals surface area (Å²) >= 11 is 0. The molecule has 1 aromatic heterocycles. The van der Waals surface area contributed by atoms with Gasteiger partial charge in [0.2, 0.25) is 0 Å². The smallest absolute Gasteiger partial charge is 0.277 e. The Balaban J connectivity index is 1.56. The highest BCUT2D eigenvalue weighted by Crippen LogP contribution is 2.38. The minimum atomic E-state index is -4.80. The lowest BCUT2D eigenvalue weighted by atomic mass is 9.93. The van der Waals surface area contributed by atoms with Crippen molar-refractivity contribution in [2.24, 2.45) is 0 Å². The van der Waals surface area contributed by atoms with E-state index in [4.69, 9.17) is 9.52 Å². The third-order valence-electron chi connectivity index (χ3n) is 12.2. The molecule has 0 bridgehead atoms. The Kier molecular flexibility index (Phi) is 14.5. The second-order valence-corrected chi connectivity index (χ2v) is 26.4. The fourth-order valence-corrected chi connectivity index (χ4v) is 12.2. The summed E-state index contributed by atoms with van der Waals surface area (Å²) in [6.07, 6.45) is 4.01. The van der Waals surface area contributed by atoms with Gasteiger partial charge < -0.3 is 14.2 Å². The van der Waals surface area contributed by atoms with Crippen LogP contribution in [0.5, 0.6) is 0 Å². The number of rotatable bonds is 17. The highest BCUT2D eigenvalue weighted by molar-refractivity contribution is 8.10. The van der Waals surface area contributed by atoms with E-state index in [0.717, 1.165) is 36.8 Å². The maximum Gasteiger partial charge on any atom is 0.277 e. The highest BCUT2D eigenvalue weighted by atomic mass is 32.3. The molecule has 0 saturated carbocycles. The zero-order valence-electron chi connectivity index (χ0n) is 37.7. The van der Waals surface area contributed by atoms with Crippen LogP contribution in [0.25, 0.3) is 5.69 Å². The molecule has 1 aliphatic rings. The van der Waals surface area contributed by atoms with Crippen LogP contribution in [0.15, 0.2) is 119 Å². The number of aromatic nitrogens is 2. The van der Waals surface area contributed by atoms with Gasteiger partial charge in [-0.25, -0.2) is 21.5 Å². The zero-order valence-corrected chi connectivity index (χ0v) is 40.4. The summed E-state index contributed by atoms with van der Waals surface area (Å²) < 4.78 is 67.4. The fraction of sp³-hybridized carbons (Fsp3) is 0.396. The molecule has 336 valence electrons. The van der Waals surface area contributed by atoms with Crippen LogP contribution >= 0.6 is 0 Å². The number of carbonyl (C=O) groups is 2. The number of hydrogen-bond acceptors (Lipinski definition) is 8. The molecule has 2 heterocycles. The SMILES string of the molecule is CCCCN(CCCC)C(=O)c1cc(C)n(-c2ccc(N(S(=O)(=O)c3ccccc3)S(=O)(=O)c3ccccc3)cc2C(=O)N2Cc3ccccc3C[C@H]2CO[Si](C)(C)C(C)(C)C)n1. The number of amides is 2. The molecule has 0 unspecified atom stereocenters. The third-order valence-corrected chi connectivity index (χ3v) is 20.9. The minimum absolute atomic E-state index is 0.000230. The predicted molar refractivity (Wildman–Crippen MR) is 251 cm³/mol. The summed E-state index contributed by atoms with van der Waals surface area (Å²) in [5.74, 6) is -0.706. The molecule has 0 aliphatic carbocycles. The average Bonchev–Trinajstić information content (AvgIpc) is 3.65. The van der Waals surface area contributed by atoms with Crippen molar-refractivity contribution < 1.29 is 30.9 Å². The molecule has 0 radical (unpaired) electrons. The lowest BCUT2D eigenvalue weighted by Crippen LogP contribution is -2.50. The Labute approximate surface area is 375 Å². The van der Waals surface area contributed by atoms with Gasteiger partial charge >= 0.3 is 0 Å². The first-order valence-electron chi connectivity index (χ1n) is 21.7. The standard InChI is InChI=1S/C48H61N5O7S2Si/c1-9-11-29-50(30-12-10-2)47(55)44-31-36(3)52(49-44)45-28-27-39(53(61(56,57)41-23-15-13-16-24-41)62(58,59)42-25-17-14-18-26-42)33-43(45)46(54)51-34-38-22-20-19-21-37(38)32-40(51)35-60-63(7,8)48(4,5)6/h13-28,31,33,40H,9-12,29-30,32,34-35H2,1-8H3/t40-/m0/s1. The van der Waals surface area contributed by atoms with Gasteiger partial charge in [0.15, 0.2) is 14.0 Å². The molecule has 63 heavy (non-hydrogen) atoms. The van der Waals surface area contributed by atoms with Gasteiger partial charge in [0.1, 0.15) is 0 Å². The summed E-state index contributed by atoms with van der Waals surface area (Å²) in [7, 11) is -11.9. The molecule has 0 N–H and O–H groups in total. The van der Waals surface area contributed by atoms with Crippen molar-refractivity contribution in [3.8, 4) is 5.69 Å². The molecule has 0 saturated heterocycles. The number of hydrogen-bond donors (Lipinski definition) is 0. The lowest BCUT2D eigenvalue weighted by Gasteiger charge is -2.41. The van der Waals surface area contributed by atoms with Gasteiger partial charge in [-0.2, -0.15) is 8.81 Å². The van der Waals surface area contributed by atoms with Crippen molar-refractivity contribution in [1.82, 2.24) is 19.6 Å². The number of carbonyl (C=O) groups excluding carboxylic acids is 2. The quantitative estimate of drug-likeness (QED) is 0.0842. The maximum absolute atomic E-state index is 15.6. The lowest BCUT2D eigenvalue weighted by molar-refractivity contribution is 0.0554. The second kappa shape index (κ2) is 19.3. The first-order valence-corrected chi connectivity index (χ1v) is 27.5. The van der Waals surface area contributed by atoms with E-state index in [2.05, 4.69) is 53.8 Å². The molecular formula is C48H61N5O7S2Si. The highest BCUT2D eigenvalue weighted by Gasteiger charge is 2.41. The molecule has 0 spiro atoms. The molecule has 1 atom stereocenters. The minimum Gasteiger partial charge on any atom is -0.415 e. The van der Waals surface area contributed by atoms with Crippen molar-refractivity contribution in [2.45, 2.75) is 114 Å². The first-order chi connectivity index (χ1) is 29.8. The van der Waals surface area contributed by atoms with Crippen LogP contribution in [0.2, 0.25) is 18.1 Å². The Hall–Kier alpha value is -5.09. The second-order valence-electron chi connectivity index (χ2n) is 17.7. The molecular weight excluding hydrogens is 851 g/mol. The Morgan fingerprint density at radius 3 is 1.86 bits per heavy atom. The van der Waals surface area contributed by atoms with E-state index in [0.29, 0.717) is 28.9 Å². The van der Waals surface area contributed by atoms with E-state index < -0.39 is 40.3 Å². The molecule has 5 aromatic rings. The average molecular weight is 912 g/mol. The summed E-state index contributed by atoms with van der Waals surface area (Å²) in [5.41, 5.74) is 2.79. The number of benzene rings is 4. The third kappa shape index (κ3) is 10.2. The summed E-state index contributed by atoms with van der Waals surface area (Å²) in [6, 6.07) is 28.1. The van der Waals surface area contributed by atoms with Crippen molar-refractivity contribution in [3.63, 3.8) is 0 Å². The van der Waals surface area contributed by atoms with Crippen LogP contribution in [0.4, 0.5) is 5.69 Å². The van der Waals surface area contributed by atoms with E-state index in [1.165, 1.54) is 71.4 Å². The molecule has 0 fully saturated rings. The zero-order chi connectivity index (χ0) is 45.7. The fourth-order valence-electron chi connectivity index (χ4n) is 7.42. The first kappa shape index (κ1) is 47.4. The van der Waals surface area contributed by atoms with Crippen LogP contribution in [0.3, 0.4) is 0 Å². The van der Waals surface area contributed by atoms with E-state index in [1.807, 2.05) is 23.1 Å². The number of aryl methyl sites for hydroxylation is 1. The Bertz CT molecular complexity index is 2550. The van der Waals surface area contributed by atoms with Gasteiger partial charge in [0.05, 0.1) is 39.4 Å². The molecule has 6 rings (SSSR count). The summed E-state index contributed by atoms with van der Waals surface area (Å²) in [4.78, 5) is 32.7. The molecule has 2 amide bonds. The maximum atomic E-state index is 15.6. The molecule has 1 aliphatic heterocycles. The largest absolute Gasteiger partial charge is 0.415 e. The van der Waals surface area contributed by atoms with Crippen molar-refractivity contribution in [2.75, 3.05) is 23.4 Å². The van der Waals surface area contributed by atoms with Crippen LogP contribution < -0.4 is 3.71 Å². The summed E-state index contributed by atoms with van der Waals surface area (Å²) in [5, 5.41) is 4.71. The van der Waals surface area contributed by atoms with Crippen LogP contribution in [0.1, 0.15) is 98.0 Å². The van der Waals surface area contributed by atoms with Gasteiger partial charge in [0, 0.05) is 25.3 Å². The van der Waals surface area contributed by atoms with Crippen molar-refractivity contribution in [1.29, 1.82) is 0 Å². The number of nitrogens with zero attached hydrogens (tertiary/aromatic N) is 5. The van der Waals surface area contributed by atoms with E-state index in [-0.39, 0.29) is 56.5 Å². The van der Waals surface area contributed by atoms with Gasteiger partial charge in [0.25, 0.3) is 31.9 Å². The monoisotopic (exact) mass is 911 g/mol. The van der Waals surface area contributed by atoms with Gasteiger partial charge in [-0.05, 0) is 104 Å². The van der Waals surface area contributed by atoms with E-state index in [1.54, 1.807) is 30.0 Å². The van der Waals surface area contributed by atoms with Crippen LogP contribution in [-0.4, -0.2) is 82.3 Å². The van der Waals surface area contributed by atoms with Crippen LogP contribution in [-0.2, 0) is 37.4 Å². The molecule has 15 heteroatoms. The Morgan fingerprint density at radius 2 is 1.32 bits per heavy atom. The topological polar surface area (TPSA) is 139 Å². The van der Waals surface area contributed by atoms with Crippen molar-refractivity contribution >= 4 is 45.9 Å². The number of fused-ring (bicyclic) bond motifs is 1. The molecule has 4 aromatic carbocycles. The Morgan fingerprint density at radius 1 is 0.778 bits per heavy atom. The van der Waals surface area contributed by atoms with Crippen LogP contribution in [0, 0.1) is 6.92 Å². The van der Waals surface area contributed by atoms with Crippen molar-refractivity contribution in [3.05, 3.63) is 137 Å². The summed E-state index contributed by atoms with van der Waals surface area (Å²) in [6.45, 7) is 18.4. The number of anilines is 1. The predicted octanol–water partition coefficient (Wildman–Crippen LogP) is 9.40. The van der Waals surface area contributed by atoms with Gasteiger partial charge in [-0.15, -0.1) is 0 Å².